The zero-order valence-corrected chi connectivity index (χ0v) is 16.1. The SMILES string of the molecule is O=C(/C=C/c1ccccc1)OCC(=O)N(C1CCCC1)[C@@H]1CCS(=O)(=O)C1. The van der Waals surface area contributed by atoms with Crippen molar-refractivity contribution in [3.63, 3.8) is 0 Å². The van der Waals surface area contributed by atoms with Crippen LogP contribution in [0.2, 0.25) is 0 Å². The van der Waals surface area contributed by atoms with Gasteiger partial charge in [0.05, 0.1) is 11.5 Å². The Morgan fingerprint density at radius 2 is 1.78 bits per heavy atom. The van der Waals surface area contributed by atoms with Crippen molar-refractivity contribution < 1.29 is 22.7 Å². The van der Waals surface area contributed by atoms with E-state index in [4.69, 9.17) is 4.74 Å². The third-order valence-electron chi connectivity index (χ3n) is 5.16. The largest absolute Gasteiger partial charge is 0.452 e. The molecule has 1 aromatic rings. The van der Waals surface area contributed by atoms with Crippen LogP contribution in [-0.4, -0.2) is 55.4 Å². The number of carbonyl (C=O) groups is 2. The summed E-state index contributed by atoms with van der Waals surface area (Å²) in [5, 5.41) is 0. The van der Waals surface area contributed by atoms with E-state index in [0.717, 1.165) is 31.2 Å². The van der Waals surface area contributed by atoms with E-state index in [2.05, 4.69) is 0 Å². The molecule has 0 N–H and O–H groups in total. The Labute approximate surface area is 160 Å². The molecule has 7 heteroatoms. The number of nitrogens with zero attached hydrogens (tertiary/aromatic N) is 1. The fourth-order valence-corrected chi connectivity index (χ4v) is 5.58. The van der Waals surface area contributed by atoms with Crippen LogP contribution in [0.5, 0.6) is 0 Å². The highest BCUT2D eigenvalue weighted by Crippen LogP contribution is 2.29. The molecule has 1 heterocycles. The Bertz CT molecular complexity index is 797. The summed E-state index contributed by atoms with van der Waals surface area (Å²) in [5.74, 6) is -0.756. The van der Waals surface area contributed by atoms with Gasteiger partial charge < -0.3 is 9.64 Å². The monoisotopic (exact) mass is 391 g/mol. The second kappa shape index (κ2) is 8.69. The smallest absolute Gasteiger partial charge is 0.331 e. The quantitative estimate of drug-likeness (QED) is 0.549. The van der Waals surface area contributed by atoms with Crippen molar-refractivity contribution in [2.24, 2.45) is 0 Å². The Morgan fingerprint density at radius 1 is 1.07 bits per heavy atom. The zero-order valence-electron chi connectivity index (χ0n) is 15.2. The molecule has 1 amide bonds. The van der Waals surface area contributed by atoms with Crippen molar-refractivity contribution in [2.45, 2.75) is 44.2 Å². The highest BCUT2D eigenvalue weighted by molar-refractivity contribution is 7.91. The maximum Gasteiger partial charge on any atom is 0.331 e. The summed E-state index contributed by atoms with van der Waals surface area (Å²) in [7, 11) is -3.09. The molecule has 1 saturated heterocycles. The summed E-state index contributed by atoms with van der Waals surface area (Å²) in [6, 6.07) is 9.08. The van der Waals surface area contributed by atoms with Crippen LogP contribution in [0.3, 0.4) is 0 Å². The lowest BCUT2D eigenvalue weighted by molar-refractivity contribution is -0.150. The Hall–Kier alpha value is -2.15. The fraction of sp³-hybridized carbons (Fsp3) is 0.500. The predicted octanol–water partition coefficient (Wildman–Crippen LogP) is 2.20. The van der Waals surface area contributed by atoms with Crippen LogP contribution in [0.1, 0.15) is 37.7 Å². The number of benzene rings is 1. The second-order valence-electron chi connectivity index (χ2n) is 7.15. The molecule has 1 saturated carbocycles. The van der Waals surface area contributed by atoms with E-state index in [0.29, 0.717) is 6.42 Å². The third-order valence-corrected chi connectivity index (χ3v) is 6.91. The number of hydrogen-bond donors (Lipinski definition) is 0. The molecule has 1 atom stereocenters. The number of sulfone groups is 1. The first kappa shape index (κ1) is 19.6. The van der Waals surface area contributed by atoms with E-state index in [1.54, 1.807) is 11.0 Å². The maximum absolute atomic E-state index is 12.7. The molecule has 27 heavy (non-hydrogen) atoms. The molecule has 2 aliphatic rings. The van der Waals surface area contributed by atoms with Gasteiger partial charge in [0.15, 0.2) is 16.4 Å². The molecule has 0 bridgehead atoms. The van der Waals surface area contributed by atoms with Gasteiger partial charge in [-0.3, -0.25) is 4.79 Å². The lowest BCUT2D eigenvalue weighted by Crippen LogP contribution is -2.48. The molecule has 3 rings (SSSR count). The van der Waals surface area contributed by atoms with Gasteiger partial charge in [-0.2, -0.15) is 0 Å². The van der Waals surface area contributed by atoms with Gasteiger partial charge in [0.25, 0.3) is 5.91 Å². The van der Waals surface area contributed by atoms with E-state index >= 15 is 0 Å². The number of ether oxygens (including phenoxy) is 1. The summed E-state index contributed by atoms with van der Waals surface area (Å²) in [6.07, 6.45) is 7.22. The summed E-state index contributed by atoms with van der Waals surface area (Å²) >= 11 is 0. The van der Waals surface area contributed by atoms with Gasteiger partial charge in [-0.25, -0.2) is 13.2 Å². The average molecular weight is 391 g/mol. The van der Waals surface area contributed by atoms with E-state index in [1.807, 2.05) is 30.3 Å². The summed E-state index contributed by atoms with van der Waals surface area (Å²) in [4.78, 5) is 26.3. The van der Waals surface area contributed by atoms with Gasteiger partial charge in [-0.1, -0.05) is 43.2 Å². The number of rotatable bonds is 6. The minimum absolute atomic E-state index is 0.0110. The summed E-state index contributed by atoms with van der Waals surface area (Å²) in [6.45, 7) is -0.356. The standard InChI is InChI=1S/C20H25NO5S/c22-19(14-26-20(23)11-10-16-6-2-1-3-7-16)21(17-8-4-5-9-17)18-12-13-27(24,25)15-18/h1-3,6-7,10-11,17-18H,4-5,8-9,12-15H2/b11-10+/t18-/m1/s1. The molecule has 1 aliphatic carbocycles. The van der Waals surface area contributed by atoms with Crippen LogP contribution in [0.4, 0.5) is 0 Å². The van der Waals surface area contributed by atoms with Crippen LogP contribution < -0.4 is 0 Å². The fourth-order valence-electron chi connectivity index (χ4n) is 3.87. The lowest BCUT2D eigenvalue weighted by Gasteiger charge is -2.33. The van der Waals surface area contributed by atoms with E-state index in [9.17, 15) is 18.0 Å². The number of amides is 1. The van der Waals surface area contributed by atoms with Crippen molar-refractivity contribution in [2.75, 3.05) is 18.1 Å². The van der Waals surface area contributed by atoms with E-state index in [-0.39, 0.29) is 36.1 Å². The average Bonchev–Trinajstić information content (AvgIpc) is 3.29. The Morgan fingerprint density at radius 3 is 2.41 bits per heavy atom. The molecule has 0 unspecified atom stereocenters. The molecule has 0 spiro atoms. The molecule has 0 radical (unpaired) electrons. The van der Waals surface area contributed by atoms with Crippen LogP contribution in [0.15, 0.2) is 36.4 Å². The first-order valence-corrected chi connectivity index (χ1v) is 11.2. The maximum atomic E-state index is 12.7. The number of esters is 1. The Kier molecular flexibility index (Phi) is 6.31. The molecule has 0 aromatic heterocycles. The van der Waals surface area contributed by atoms with E-state index in [1.165, 1.54) is 6.08 Å². The molecule has 1 aromatic carbocycles. The Balaban J connectivity index is 1.59. The van der Waals surface area contributed by atoms with Gasteiger partial charge in [0, 0.05) is 18.2 Å². The normalized spacial score (nSPS) is 22.1. The van der Waals surface area contributed by atoms with Gasteiger partial charge in [0.2, 0.25) is 0 Å². The number of hydrogen-bond acceptors (Lipinski definition) is 5. The van der Waals surface area contributed by atoms with Crippen molar-refractivity contribution in [3.8, 4) is 0 Å². The van der Waals surface area contributed by atoms with Gasteiger partial charge in [0.1, 0.15) is 0 Å². The molecule has 1 aliphatic heterocycles. The van der Waals surface area contributed by atoms with Crippen molar-refractivity contribution in [3.05, 3.63) is 42.0 Å². The van der Waals surface area contributed by atoms with Crippen molar-refractivity contribution in [1.29, 1.82) is 0 Å². The summed E-state index contributed by atoms with van der Waals surface area (Å²) in [5.41, 5.74) is 0.865. The van der Waals surface area contributed by atoms with Gasteiger partial charge in [-0.05, 0) is 30.9 Å². The predicted molar refractivity (Wildman–Crippen MR) is 103 cm³/mol. The summed E-state index contributed by atoms with van der Waals surface area (Å²) < 4.78 is 28.8. The minimum Gasteiger partial charge on any atom is -0.452 e. The highest BCUT2D eigenvalue weighted by atomic mass is 32.2. The molecular weight excluding hydrogens is 366 g/mol. The van der Waals surface area contributed by atoms with Gasteiger partial charge in [-0.15, -0.1) is 0 Å². The highest BCUT2D eigenvalue weighted by Gasteiger charge is 2.39. The van der Waals surface area contributed by atoms with Crippen LogP contribution in [-0.2, 0) is 24.2 Å². The van der Waals surface area contributed by atoms with Crippen LogP contribution in [0, 0.1) is 0 Å². The third kappa shape index (κ3) is 5.42. The second-order valence-corrected chi connectivity index (χ2v) is 9.38. The first-order valence-electron chi connectivity index (χ1n) is 9.36. The minimum atomic E-state index is -3.09. The molecular formula is C20H25NO5S. The van der Waals surface area contributed by atoms with Crippen LogP contribution >= 0.6 is 0 Å². The first-order chi connectivity index (χ1) is 12.9. The topological polar surface area (TPSA) is 80.8 Å². The van der Waals surface area contributed by atoms with Gasteiger partial charge >= 0.3 is 5.97 Å². The van der Waals surface area contributed by atoms with Crippen molar-refractivity contribution in [1.82, 2.24) is 4.90 Å². The van der Waals surface area contributed by atoms with Crippen molar-refractivity contribution >= 4 is 27.8 Å². The molecule has 2 fully saturated rings. The molecule has 6 nitrogen and oxygen atoms in total. The lowest BCUT2D eigenvalue weighted by atomic mass is 10.1. The molecule has 146 valence electrons. The van der Waals surface area contributed by atoms with E-state index < -0.39 is 15.8 Å². The van der Waals surface area contributed by atoms with Crippen LogP contribution in [0.25, 0.3) is 6.08 Å². The zero-order chi connectivity index (χ0) is 19.3. The number of carbonyl (C=O) groups excluding carboxylic acids is 2.